The molecule has 7 heteroatoms. The van der Waals surface area contributed by atoms with Gasteiger partial charge in [0.1, 0.15) is 5.03 Å². The van der Waals surface area contributed by atoms with Gasteiger partial charge in [-0.15, -0.1) is 0 Å². The van der Waals surface area contributed by atoms with Gasteiger partial charge in [-0.25, -0.2) is 8.42 Å². The molecule has 0 aliphatic heterocycles. The summed E-state index contributed by atoms with van der Waals surface area (Å²) in [4.78, 5) is -0.162. The smallest absolute Gasteiger partial charge is 0.334 e. The largest absolute Gasteiger partial charge is 0.416 e. The van der Waals surface area contributed by atoms with Crippen molar-refractivity contribution in [3.05, 3.63) is 59.7 Å². The van der Waals surface area contributed by atoms with Crippen LogP contribution in [0, 0.1) is 6.92 Å². The van der Waals surface area contributed by atoms with Crippen LogP contribution in [0.25, 0.3) is 10.9 Å². The zero-order chi connectivity index (χ0) is 17.7. The van der Waals surface area contributed by atoms with Crippen LogP contribution in [-0.2, 0) is 23.1 Å². The van der Waals surface area contributed by atoms with Crippen LogP contribution in [0.15, 0.2) is 58.5 Å². The third-order valence-electron chi connectivity index (χ3n) is 4.04. The number of fused-ring (bicyclic) bond motifs is 1. The van der Waals surface area contributed by atoms with E-state index in [2.05, 4.69) is 0 Å². The molecule has 3 aromatic rings. The highest BCUT2D eigenvalue weighted by Gasteiger charge is 2.31. The molecule has 0 aliphatic carbocycles. The molecule has 0 spiro atoms. The molecule has 0 radical (unpaired) electrons. The van der Waals surface area contributed by atoms with Crippen molar-refractivity contribution in [2.75, 3.05) is 0 Å². The predicted octanol–water partition coefficient (Wildman–Crippen LogP) is 4.34. The molecule has 0 aliphatic rings. The van der Waals surface area contributed by atoms with Gasteiger partial charge in [0.15, 0.2) is 0 Å². The lowest BCUT2D eigenvalue weighted by Gasteiger charge is -2.10. The standard InChI is InChI=1S/C17H14F3NO2S/c1-11-14-5-3-4-6-15(14)21(2)16(11)24(22,23)13-9-7-12(8-10-13)17(18,19)20/h3-10H,1-2H3. The second kappa shape index (κ2) is 5.37. The molecule has 0 N–H and O–H groups in total. The summed E-state index contributed by atoms with van der Waals surface area (Å²) in [6, 6.07) is 10.8. The van der Waals surface area contributed by atoms with Gasteiger partial charge in [-0.2, -0.15) is 13.2 Å². The molecule has 3 rings (SSSR count). The van der Waals surface area contributed by atoms with Crippen molar-refractivity contribution in [3.63, 3.8) is 0 Å². The van der Waals surface area contributed by atoms with Gasteiger partial charge in [-0.3, -0.25) is 0 Å². The Balaban J connectivity index is 2.19. The third-order valence-corrected chi connectivity index (χ3v) is 6.02. The maximum Gasteiger partial charge on any atom is 0.416 e. The average molecular weight is 353 g/mol. The minimum absolute atomic E-state index is 0.0865. The minimum Gasteiger partial charge on any atom is -0.334 e. The summed E-state index contributed by atoms with van der Waals surface area (Å²) < 4.78 is 65.3. The van der Waals surface area contributed by atoms with E-state index in [1.165, 1.54) is 0 Å². The lowest BCUT2D eigenvalue weighted by molar-refractivity contribution is -0.137. The Morgan fingerprint density at radius 3 is 2.08 bits per heavy atom. The van der Waals surface area contributed by atoms with E-state index in [0.717, 1.165) is 35.2 Å². The number of hydrogen-bond acceptors (Lipinski definition) is 2. The summed E-state index contributed by atoms with van der Waals surface area (Å²) in [6.07, 6.45) is -4.50. The molecule has 0 saturated heterocycles. The van der Waals surface area contributed by atoms with Crippen LogP contribution in [0.1, 0.15) is 11.1 Å². The third kappa shape index (κ3) is 2.49. The van der Waals surface area contributed by atoms with Crippen LogP contribution >= 0.6 is 0 Å². The number of para-hydroxylation sites is 1. The molecule has 126 valence electrons. The van der Waals surface area contributed by atoms with E-state index in [9.17, 15) is 21.6 Å². The van der Waals surface area contributed by atoms with Gasteiger partial charge < -0.3 is 4.57 Å². The van der Waals surface area contributed by atoms with Gasteiger partial charge in [-0.05, 0) is 42.8 Å². The molecular weight excluding hydrogens is 339 g/mol. The summed E-state index contributed by atoms with van der Waals surface area (Å²) in [7, 11) is -2.30. The van der Waals surface area contributed by atoms with E-state index >= 15 is 0 Å². The molecule has 0 amide bonds. The van der Waals surface area contributed by atoms with Crippen molar-refractivity contribution in [1.29, 1.82) is 0 Å². The fourth-order valence-electron chi connectivity index (χ4n) is 2.88. The Hall–Kier alpha value is -2.28. The van der Waals surface area contributed by atoms with Gasteiger partial charge in [0.05, 0.1) is 10.5 Å². The number of nitrogens with zero attached hydrogens (tertiary/aromatic N) is 1. The van der Waals surface area contributed by atoms with Crippen LogP contribution in [0.3, 0.4) is 0 Å². The molecule has 1 heterocycles. The number of halogens is 3. The number of benzene rings is 2. The van der Waals surface area contributed by atoms with Crippen LogP contribution in [0.5, 0.6) is 0 Å². The number of rotatable bonds is 2. The molecule has 0 unspecified atom stereocenters. The Morgan fingerprint density at radius 2 is 1.54 bits per heavy atom. The minimum atomic E-state index is -4.50. The van der Waals surface area contributed by atoms with Gasteiger partial charge in [0, 0.05) is 18.0 Å². The molecular formula is C17H14F3NO2S. The highest BCUT2D eigenvalue weighted by Crippen LogP contribution is 2.34. The van der Waals surface area contributed by atoms with Crippen LogP contribution in [-0.4, -0.2) is 13.0 Å². The molecule has 1 aromatic heterocycles. The zero-order valence-electron chi connectivity index (χ0n) is 12.9. The maximum absolute atomic E-state index is 12.9. The fraction of sp³-hybridized carbons (Fsp3) is 0.176. The van der Waals surface area contributed by atoms with Gasteiger partial charge >= 0.3 is 6.18 Å². The predicted molar refractivity (Wildman–Crippen MR) is 84.6 cm³/mol. The van der Waals surface area contributed by atoms with Crippen molar-refractivity contribution >= 4 is 20.7 Å². The monoisotopic (exact) mass is 353 g/mol. The van der Waals surface area contributed by atoms with Crippen molar-refractivity contribution in [3.8, 4) is 0 Å². The highest BCUT2D eigenvalue weighted by atomic mass is 32.2. The van der Waals surface area contributed by atoms with Gasteiger partial charge in [0.25, 0.3) is 0 Å². The van der Waals surface area contributed by atoms with Crippen molar-refractivity contribution in [1.82, 2.24) is 4.57 Å². The lowest BCUT2D eigenvalue weighted by Crippen LogP contribution is -2.10. The van der Waals surface area contributed by atoms with E-state index in [4.69, 9.17) is 0 Å². The topological polar surface area (TPSA) is 39.1 Å². The summed E-state index contributed by atoms with van der Waals surface area (Å²) >= 11 is 0. The molecule has 3 nitrogen and oxygen atoms in total. The number of alkyl halides is 3. The number of aromatic nitrogens is 1. The van der Waals surface area contributed by atoms with Crippen molar-refractivity contribution in [2.24, 2.45) is 7.05 Å². The molecule has 0 atom stereocenters. The van der Waals surface area contributed by atoms with Crippen LogP contribution in [0.4, 0.5) is 13.2 Å². The molecule has 2 aromatic carbocycles. The first kappa shape index (κ1) is 16.6. The Morgan fingerprint density at radius 1 is 0.958 bits per heavy atom. The van der Waals surface area contributed by atoms with E-state index in [-0.39, 0.29) is 9.92 Å². The normalized spacial score (nSPS) is 12.7. The first-order chi connectivity index (χ1) is 11.1. The second-order valence-electron chi connectivity index (χ2n) is 5.53. The average Bonchev–Trinajstić information content (AvgIpc) is 2.79. The Bertz CT molecular complexity index is 977. The van der Waals surface area contributed by atoms with E-state index in [1.54, 1.807) is 30.7 Å². The number of hydrogen-bond donors (Lipinski definition) is 0. The number of sulfone groups is 1. The fourth-order valence-corrected chi connectivity index (χ4v) is 4.57. The molecule has 24 heavy (non-hydrogen) atoms. The summed E-state index contributed by atoms with van der Waals surface area (Å²) in [5, 5.41) is 0.883. The quantitative estimate of drug-likeness (QED) is 0.687. The summed E-state index contributed by atoms with van der Waals surface area (Å²) in [5.41, 5.74) is 0.448. The lowest BCUT2D eigenvalue weighted by atomic mass is 10.2. The number of aryl methyl sites for hydroxylation is 2. The first-order valence-corrected chi connectivity index (χ1v) is 8.58. The molecule has 0 bridgehead atoms. The van der Waals surface area contributed by atoms with Gasteiger partial charge in [-0.1, -0.05) is 18.2 Å². The van der Waals surface area contributed by atoms with Crippen LogP contribution < -0.4 is 0 Å². The Kier molecular flexibility index (Phi) is 3.71. The van der Waals surface area contributed by atoms with E-state index < -0.39 is 21.6 Å². The maximum atomic E-state index is 12.9. The summed E-state index contributed by atoms with van der Waals surface area (Å²) in [6.45, 7) is 1.69. The second-order valence-corrected chi connectivity index (χ2v) is 7.40. The molecule has 0 saturated carbocycles. The van der Waals surface area contributed by atoms with Crippen LogP contribution in [0.2, 0.25) is 0 Å². The van der Waals surface area contributed by atoms with Gasteiger partial charge in [0.2, 0.25) is 9.84 Å². The molecule has 0 fully saturated rings. The van der Waals surface area contributed by atoms with E-state index in [1.807, 2.05) is 12.1 Å². The van der Waals surface area contributed by atoms with E-state index in [0.29, 0.717) is 5.56 Å². The zero-order valence-corrected chi connectivity index (χ0v) is 13.7. The Labute approximate surface area is 137 Å². The van der Waals surface area contributed by atoms with Crippen molar-refractivity contribution < 1.29 is 21.6 Å². The highest BCUT2D eigenvalue weighted by molar-refractivity contribution is 7.91. The summed E-state index contributed by atoms with van der Waals surface area (Å²) in [5.74, 6) is 0. The first-order valence-electron chi connectivity index (χ1n) is 7.10. The SMILES string of the molecule is Cc1c(S(=O)(=O)c2ccc(C(F)(F)F)cc2)n(C)c2ccccc12. The van der Waals surface area contributed by atoms with Crippen molar-refractivity contribution in [2.45, 2.75) is 23.0 Å².